The molecule has 2 nitrogen and oxygen atoms in total. The molecule has 1 saturated carbocycles. The summed E-state index contributed by atoms with van der Waals surface area (Å²) >= 11 is 3.38. The van der Waals surface area contributed by atoms with Crippen molar-refractivity contribution in [2.45, 2.75) is 18.4 Å². The van der Waals surface area contributed by atoms with E-state index in [9.17, 15) is 4.79 Å². The number of benzene rings is 2. The molecule has 0 heterocycles. The van der Waals surface area contributed by atoms with E-state index in [-0.39, 0.29) is 11.9 Å². The van der Waals surface area contributed by atoms with E-state index in [1.165, 1.54) is 5.56 Å². The summed E-state index contributed by atoms with van der Waals surface area (Å²) in [5.74, 6) is 0.474. The minimum absolute atomic E-state index is 0.00438. The molecule has 0 aromatic heterocycles. The van der Waals surface area contributed by atoms with Gasteiger partial charge in [-0.1, -0.05) is 52.3 Å². The lowest BCUT2D eigenvalue weighted by Crippen LogP contribution is -2.26. The number of hydrogen-bond acceptors (Lipinski definition) is 1. The maximum Gasteiger partial charge on any atom is 0.251 e. The lowest BCUT2D eigenvalue weighted by molar-refractivity contribution is 0.0950. The van der Waals surface area contributed by atoms with Gasteiger partial charge in [0, 0.05) is 22.0 Å². The van der Waals surface area contributed by atoms with Crippen molar-refractivity contribution in [2.24, 2.45) is 0 Å². The summed E-state index contributed by atoms with van der Waals surface area (Å²) in [5.41, 5.74) is 2.01. The lowest BCUT2D eigenvalue weighted by atomic mass is 10.1. The number of halogens is 1. The van der Waals surface area contributed by atoms with E-state index < -0.39 is 0 Å². The monoisotopic (exact) mass is 315 g/mol. The SMILES string of the molecule is O=C(NC1CC1c1ccccc1)c1cccc(Br)c1. The Bertz CT molecular complexity index is 597. The van der Waals surface area contributed by atoms with Crippen LogP contribution < -0.4 is 5.32 Å². The molecular formula is C16H14BrNO. The fourth-order valence-electron chi connectivity index (χ4n) is 2.30. The van der Waals surface area contributed by atoms with Crippen molar-refractivity contribution >= 4 is 21.8 Å². The van der Waals surface area contributed by atoms with Crippen molar-refractivity contribution in [3.8, 4) is 0 Å². The molecule has 2 aromatic carbocycles. The molecule has 0 aliphatic heterocycles. The summed E-state index contributed by atoms with van der Waals surface area (Å²) in [6, 6.07) is 18.1. The molecule has 0 spiro atoms. The first-order valence-corrected chi connectivity index (χ1v) is 7.15. The minimum atomic E-state index is 0.00438. The molecule has 2 unspecified atom stereocenters. The van der Waals surface area contributed by atoms with Crippen LogP contribution in [-0.4, -0.2) is 11.9 Å². The van der Waals surface area contributed by atoms with Gasteiger partial charge in [0.25, 0.3) is 5.91 Å². The van der Waals surface area contributed by atoms with E-state index in [2.05, 4.69) is 33.4 Å². The minimum Gasteiger partial charge on any atom is -0.349 e. The smallest absolute Gasteiger partial charge is 0.251 e. The van der Waals surface area contributed by atoms with Gasteiger partial charge in [-0.2, -0.15) is 0 Å². The zero-order valence-corrected chi connectivity index (χ0v) is 11.9. The van der Waals surface area contributed by atoms with Gasteiger partial charge in [-0.05, 0) is 30.2 Å². The van der Waals surface area contributed by atoms with Gasteiger partial charge >= 0.3 is 0 Å². The van der Waals surface area contributed by atoms with Crippen molar-refractivity contribution < 1.29 is 4.79 Å². The van der Waals surface area contributed by atoms with Crippen molar-refractivity contribution in [3.05, 3.63) is 70.2 Å². The third kappa shape index (κ3) is 2.87. The van der Waals surface area contributed by atoms with E-state index in [1.54, 1.807) is 0 Å². The number of carbonyl (C=O) groups is 1. The van der Waals surface area contributed by atoms with Gasteiger partial charge < -0.3 is 5.32 Å². The molecular weight excluding hydrogens is 302 g/mol. The van der Waals surface area contributed by atoms with Crippen LogP contribution in [0, 0.1) is 0 Å². The number of amides is 1. The molecule has 2 atom stereocenters. The zero-order valence-electron chi connectivity index (χ0n) is 10.3. The number of rotatable bonds is 3. The molecule has 0 saturated heterocycles. The quantitative estimate of drug-likeness (QED) is 0.918. The van der Waals surface area contributed by atoms with Gasteiger partial charge in [-0.3, -0.25) is 4.79 Å². The average Bonchev–Trinajstić information content (AvgIpc) is 3.19. The van der Waals surface area contributed by atoms with Gasteiger partial charge in [0.15, 0.2) is 0 Å². The maximum absolute atomic E-state index is 12.1. The van der Waals surface area contributed by atoms with Gasteiger partial charge in [-0.15, -0.1) is 0 Å². The van der Waals surface area contributed by atoms with Crippen LogP contribution in [0.5, 0.6) is 0 Å². The van der Waals surface area contributed by atoms with Crippen LogP contribution in [0.4, 0.5) is 0 Å². The second-order valence-electron chi connectivity index (χ2n) is 4.84. The highest BCUT2D eigenvalue weighted by atomic mass is 79.9. The van der Waals surface area contributed by atoms with Crippen molar-refractivity contribution in [3.63, 3.8) is 0 Å². The van der Waals surface area contributed by atoms with E-state index in [1.807, 2.05) is 42.5 Å². The molecule has 3 heteroatoms. The predicted molar refractivity (Wildman–Crippen MR) is 79.2 cm³/mol. The molecule has 3 rings (SSSR count). The summed E-state index contributed by atoms with van der Waals surface area (Å²) in [6.07, 6.45) is 1.03. The van der Waals surface area contributed by atoms with Gasteiger partial charge in [-0.25, -0.2) is 0 Å². The third-order valence-corrected chi connectivity index (χ3v) is 3.91. The second-order valence-corrected chi connectivity index (χ2v) is 5.76. The van der Waals surface area contributed by atoms with Crippen LogP contribution >= 0.6 is 15.9 Å². The van der Waals surface area contributed by atoms with Crippen molar-refractivity contribution in [1.29, 1.82) is 0 Å². The average molecular weight is 316 g/mol. The fourth-order valence-corrected chi connectivity index (χ4v) is 2.70. The molecule has 1 aliphatic rings. The van der Waals surface area contributed by atoms with Crippen LogP contribution in [0.15, 0.2) is 59.1 Å². The molecule has 0 radical (unpaired) electrons. The van der Waals surface area contributed by atoms with Gasteiger partial charge in [0.05, 0.1) is 0 Å². The molecule has 19 heavy (non-hydrogen) atoms. The highest BCUT2D eigenvalue weighted by molar-refractivity contribution is 9.10. The zero-order chi connectivity index (χ0) is 13.2. The summed E-state index contributed by atoms with van der Waals surface area (Å²) in [7, 11) is 0. The first kappa shape index (κ1) is 12.4. The summed E-state index contributed by atoms with van der Waals surface area (Å²) in [4.78, 5) is 12.1. The molecule has 1 amide bonds. The topological polar surface area (TPSA) is 29.1 Å². The maximum atomic E-state index is 12.1. The van der Waals surface area contributed by atoms with Crippen molar-refractivity contribution in [2.75, 3.05) is 0 Å². The van der Waals surface area contributed by atoms with Crippen molar-refractivity contribution in [1.82, 2.24) is 5.32 Å². The molecule has 1 N–H and O–H groups in total. The second kappa shape index (κ2) is 5.17. The standard InChI is InChI=1S/C16H14BrNO/c17-13-8-4-7-12(9-13)16(19)18-15-10-14(15)11-5-2-1-3-6-11/h1-9,14-15H,10H2,(H,18,19). The molecule has 96 valence electrons. The Balaban J connectivity index is 1.64. The Kier molecular flexibility index (Phi) is 3.38. The van der Waals surface area contributed by atoms with E-state index in [0.717, 1.165) is 10.9 Å². The van der Waals surface area contributed by atoms with Crippen LogP contribution in [0.1, 0.15) is 28.3 Å². The highest BCUT2D eigenvalue weighted by Gasteiger charge is 2.39. The van der Waals surface area contributed by atoms with E-state index in [0.29, 0.717) is 11.5 Å². The van der Waals surface area contributed by atoms with Crippen LogP contribution in [-0.2, 0) is 0 Å². The van der Waals surface area contributed by atoms with Gasteiger partial charge in [0.2, 0.25) is 0 Å². The predicted octanol–water partition coefficient (Wildman–Crippen LogP) is 3.74. The number of hydrogen-bond donors (Lipinski definition) is 1. The largest absolute Gasteiger partial charge is 0.349 e. The normalized spacial score (nSPS) is 20.9. The van der Waals surface area contributed by atoms with E-state index >= 15 is 0 Å². The van der Waals surface area contributed by atoms with Crippen LogP contribution in [0.25, 0.3) is 0 Å². The summed E-state index contributed by atoms with van der Waals surface area (Å²) < 4.78 is 0.926. The Morgan fingerprint density at radius 1 is 1.11 bits per heavy atom. The van der Waals surface area contributed by atoms with E-state index in [4.69, 9.17) is 0 Å². The Morgan fingerprint density at radius 2 is 1.89 bits per heavy atom. The first-order chi connectivity index (χ1) is 9.24. The first-order valence-electron chi connectivity index (χ1n) is 6.35. The Morgan fingerprint density at radius 3 is 2.63 bits per heavy atom. The number of nitrogens with one attached hydrogen (secondary N) is 1. The van der Waals surface area contributed by atoms with Gasteiger partial charge in [0.1, 0.15) is 0 Å². The lowest BCUT2D eigenvalue weighted by Gasteiger charge is -2.05. The fraction of sp³-hybridized carbons (Fsp3) is 0.188. The molecule has 1 aliphatic carbocycles. The Labute approximate surface area is 121 Å². The van der Waals surface area contributed by atoms with Crippen LogP contribution in [0.3, 0.4) is 0 Å². The number of carbonyl (C=O) groups excluding carboxylic acids is 1. The molecule has 0 bridgehead atoms. The molecule has 1 fully saturated rings. The highest BCUT2D eigenvalue weighted by Crippen LogP contribution is 2.40. The summed E-state index contributed by atoms with van der Waals surface area (Å²) in [6.45, 7) is 0. The summed E-state index contributed by atoms with van der Waals surface area (Å²) in [5, 5.41) is 3.09. The van der Waals surface area contributed by atoms with Crippen LogP contribution in [0.2, 0.25) is 0 Å². The Hall–Kier alpha value is -1.61. The third-order valence-electron chi connectivity index (χ3n) is 3.42. The molecule has 2 aromatic rings.